The predicted molar refractivity (Wildman–Crippen MR) is 71.5 cm³/mol. The van der Waals surface area contributed by atoms with E-state index >= 15 is 0 Å². The summed E-state index contributed by atoms with van der Waals surface area (Å²) in [6.45, 7) is 2.71. The van der Waals surface area contributed by atoms with Crippen LogP contribution in [0.4, 0.5) is 13.2 Å². The van der Waals surface area contributed by atoms with E-state index in [2.05, 4.69) is 0 Å². The third-order valence-corrected chi connectivity index (χ3v) is 4.40. The first kappa shape index (κ1) is 16.5. The van der Waals surface area contributed by atoms with Gasteiger partial charge >= 0.3 is 6.18 Å². The molecule has 4 nitrogen and oxygen atoms in total. The van der Waals surface area contributed by atoms with Crippen molar-refractivity contribution in [2.45, 2.75) is 51.0 Å². The summed E-state index contributed by atoms with van der Waals surface area (Å²) in [7, 11) is 0. The van der Waals surface area contributed by atoms with E-state index < -0.39 is 18.0 Å². The van der Waals surface area contributed by atoms with Crippen LogP contribution in [0, 0.1) is 11.8 Å². The molecule has 1 saturated heterocycles. The van der Waals surface area contributed by atoms with Crippen LogP contribution < -0.4 is 5.73 Å². The lowest BCUT2D eigenvalue weighted by Gasteiger charge is -2.40. The molecule has 0 bridgehead atoms. The summed E-state index contributed by atoms with van der Waals surface area (Å²) >= 11 is 0. The molecule has 2 N–H and O–H groups in total. The van der Waals surface area contributed by atoms with Crippen molar-refractivity contribution in [1.82, 2.24) is 4.90 Å². The average Bonchev–Trinajstić information content (AvgIpc) is 2.45. The highest BCUT2D eigenvalue weighted by molar-refractivity contribution is 5.79. The Labute approximate surface area is 122 Å². The van der Waals surface area contributed by atoms with Crippen LogP contribution in [0.2, 0.25) is 0 Å². The van der Waals surface area contributed by atoms with Crippen LogP contribution in [-0.2, 0) is 9.53 Å². The fourth-order valence-electron chi connectivity index (χ4n) is 3.41. The van der Waals surface area contributed by atoms with Crippen molar-refractivity contribution < 1.29 is 22.7 Å². The van der Waals surface area contributed by atoms with Gasteiger partial charge in [-0.25, -0.2) is 0 Å². The molecule has 0 radical (unpaired) electrons. The quantitative estimate of drug-likeness (QED) is 0.848. The number of nitrogens with two attached hydrogens (primary N) is 1. The van der Waals surface area contributed by atoms with E-state index in [1.807, 2.05) is 6.92 Å². The summed E-state index contributed by atoms with van der Waals surface area (Å²) in [4.78, 5) is 14.1. The maximum Gasteiger partial charge on any atom is 0.392 e. The van der Waals surface area contributed by atoms with Crippen LogP contribution >= 0.6 is 0 Å². The van der Waals surface area contributed by atoms with Gasteiger partial charge in [0.25, 0.3) is 0 Å². The minimum atomic E-state index is -4.30. The Morgan fingerprint density at radius 1 is 1.29 bits per heavy atom. The second-order valence-corrected chi connectivity index (χ2v) is 6.09. The first-order valence-electron chi connectivity index (χ1n) is 7.54. The number of carbonyl (C=O) groups excluding carboxylic acids is 1. The summed E-state index contributed by atoms with van der Waals surface area (Å²) in [6.07, 6.45) is -3.18. The summed E-state index contributed by atoms with van der Waals surface area (Å²) in [5, 5.41) is 0. The Morgan fingerprint density at radius 3 is 2.57 bits per heavy atom. The topological polar surface area (TPSA) is 55.6 Å². The molecule has 4 atom stereocenters. The number of halogens is 3. The molecule has 0 aromatic heterocycles. The van der Waals surface area contributed by atoms with E-state index in [4.69, 9.17) is 10.5 Å². The third kappa shape index (κ3) is 3.88. The van der Waals surface area contributed by atoms with Crippen molar-refractivity contribution in [3.05, 3.63) is 0 Å². The molecule has 2 rings (SSSR count). The van der Waals surface area contributed by atoms with E-state index in [9.17, 15) is 18.0 Å². The van der Waals surface area contributed by atoms with Crippen LogP contribution in [0.5, 0.6) is 0 Å². The molecular formula is C14H23F3N2O2. The van der Waals surface area contributed by atoms with Gasteiger partial charge in [0.1, 0.15) is 0 Å². The summed E-state index contributed by atoms with van der Waals surface area (Å²) < 4.78 is 44.9. The first-order chi connectivity index (χ1) is 9.82. The summed E-state index contributed by atoms with van der Waals surface area (Å²) in [5.74, 6) is -2.83. The van der Waals surface area contributed by atoms with Crippen LogP contribution in [0.1, 0.15) is 32.6 Å². The molecule has 0 aromatic carbocycles. The fourth-order valence-corrected chi connectivity index (χ4v) is 3.41. The van der Waals surface area contributed by atoms with Gasteiger partial charge < -0.3 is 15.4 Å². The number of ether oxygens (including phenoxy) is 1. The molecule has 0 spiro atoms. The molecule has 0 aromatic rings. The lowest BCUT2D eigenvalue weighted by atomic mass is 9.78. The lowest BCUT2D eigenvalue weighted by Crippen LogP contribution is -2.54. The summed E-state index contributed by atoms with van der Waals surface area (Å²) in [5.41, 5.74) is 5.56. The van der Waals surface area contributed by atoms with Gasteiger partial charge in [-0.3, -0.25) is 4.79 Å². The number of nitrogens with zero attached hydrogens (tertiary/aromatic N) is 1. The highest BCUT2D eigenvalue weighted by atomic mass is 19.4. The number of morpholine rings is 1. The molecule has 21 heavy (non-hydrogen) atoms. The van der Waals surface area contributed by atoms with Crippen LogP contribution in [0.25, 0.3) is 0 Å². The van der Waals surface area contributed by atoms with Crippen LogP contribution in [0.3, 0.4) is 0 Å². The Morgan fingerprint density at radius 2 is 1.95 bits per heavy atom. The zero-order valence-corrected chi connectivity index (χ0v) is 12.2. The monoisotopic (exact) mass is 308 g/mol. The standard InChI is InChI=1S/C14H23F3N2O2/c1-9-7-19(8-10(6-18)21-9)13(20)11-4-2-3-5-12(11)14(15,16)17/h9-12H,2-8,18H2,1H3. The molecule has 4 unspecified atom stereocenters. The van der Waals surface area contributed by atoms with E-state index in [0.717, 1.165) is 0 Å². The second kappa shape index (κ2) is 6.52. The largest absolute Gasteiger partial charge is 0.392 e. The van der Waals surface area contributed by atoms with Gasteiger partial charge in [-0.15, -0.1) is 0 Å². The van der Waals surface area contributed by atoms with Crippen molar-refractivity contribution in [2.24, 2.45) is 17.6 Å². The first-order valence-corrected chi connectivity index (χ1v) is 7.54. The van der Waals surface area contributed by atoms with Gasteiger partial charge in [-0.2, -0.15) is 13.2 Å². The molecule has 7 heteroatoms. The van der Waals surface area contributed by atoms with Crippen molar-refractivity contribution in [3.63, 3.8) is 0 Å². The molecule has 1 amide bonds. The number of alkyl halides is 3. The SMILES string of the molecule is CC1CN(C(=O)C2CCCCC2C(F)(F)F)CC(CN)O1. The van der Waals surface area contributed by atoms with Gasteiger partial charge in [0, 0.05) is 25.6 Å². The minimum absolute atomic E-state index is 0.0557. The van der Waals surface area contributed by atoms with Gasteiger partial charge in [-0.05, 0) is 19.8 Å². The fraction of sp³-hybridized carbons (Fsp3) is 0.929. The zero-order chi connectivity index (χ0) is 15.6. The van der Waals surface area contributed by atoms with Crippen molar-refractivity contribution in [2.75, 3.05) is 19.6 Å². The van der Waals surface area contributed by atoms with Crippen LogP contribution in [-0.4, -0.2) is 48.8 Å². The number of carbonyl (C=O) groups is 1. The van der Waals surface area contributed by atoms with Gasteiger partial charge in [-0.1, -0.05) is 12.8 Å². The Hall–Kier alpha value is -0.820. The maximum atomic E-state index is 13.1. The van der Waals surface area contributed by atoms with E-state index in [1.165, 1.54) is 4.90 Å². The molecule has 2 aliphatic rings. The zero-order valence-electron chi connectivity index (χ0n) is 12.2. The van der Waals surface area contributed by atoms with Crippen molar-refractivity contribution in [1.29, 1.82) is 0 Å². The van der Waals surface area contributed by atoms with Crippen molar-refractivity contribution >= 4 is 5.91 Å². The Bertz CT molecular complexity index is 376. The van der Waals surface area contributed by atoms with E-state index in [0.29, 0.717) is 32.4 Å². The third-order valence-electron chi connectivity index (χ3n) is 4.40. The average molecular weight is 308 g/mol. The number of rotatable bonds is 2. The summed E-state index contributed by atoms with van der Waals surface area (Å²) in [6, 6.07) is 0. The molecule has 2 fully saturated rings. The smallest absolute Gasteiger partial charge is 0.370 e. The molecule has 122 valence electrons. The highest BCUT2D eigenvalue weighted by Crippen LogP contribution is 2.42. The van der Waals surface area contributed by atoms with Crippen molar-refractivity contribution in [3.8, 4) is 0 Å². The van der Waals surface area contributed by atoms with Gasteiger partial charge in [0.05, 0.1) is 18.1 Å². The van der Waals surface area contributed by atoms with Crippen LogP contribution in [0.15, 0.2) is 0 Å². The number of amides is 1. The van der Waals surface area contributed by atoms with E-state index in [-0.39, 0.29) is 31.1 Å². The highest BCUT2D eigenvalue weighted by Gasteiger charge is 2.49. The lowest BCUT2D eigenvalue weighted by molar-refractivity contribution is -0.203. The van der Waals surface area contributed by atoms with Gasteiger partial charge in [0.2, 0.25) is 5.91 Å². The number of hydrogen-bond acceptors (Lipinski definition) is 3. The second-order valence-electron chi connectivity index (χ2n) is 6.09. The maximum absolute atomic E-state index is 13.1. The molecule has 1 heterocycles. The molecule has 1 saturated carbocycles. The normalized spacial score (nSPS) is 34.8. The number of hydrogen-bond donors (Lipinski definition) is 1. The van der Waals surface area contributed by atoms with E-state index in [1.54, 1.807) is 0 Å². The Balaban J connectivity index is 2.09. The molecule has 1 aliphatic heterocycles. The predicted octanol–water partition coefficient (Wildman–Crippen LogP) is 1.93. The molecule has 1 aliphatic carbocycles. The Kier molecular flexibility index (Phi) is 5.14. The van der Waals surface area contributed by atoms with Gasteiger partial charge in [0.15, 0.2) is 0 Å². The molecular weight excluding hydrogens is 285 g/mol. The minimum Gasteiger partial charge on any atom is -0.370 e.